The first kappa shape index (κ1) is 12.7. The van der Waals surface area contributed by atoms with Gasteiger partial charge in [0.25, 0.3) is 0 Å². The normalized spacial score (nSPS) is 22.5. The summed E-state index contributed by atoms with van der Waals surface area (Å²) in [5.74, 6) is 2.79. The number of hydrogen-bond acceptors (Lipinski definition) is 4. The third-order valence-corrected chi connectivity index (χ3v) is 4.06. The summed E-state index contributed by atoms with van der Waals surface area (Å²) in [6.45, 7) is 3.39. The molecule has 0 bridgehead atoms. The molecule has 1 saturated carbocycles. The second-order valence-corrected chi connectivity index (χ2v) is 5.70. The monoisotopic (exact) mass is 261 g/mol. The van der Waals surface area contributed by atoms with Crippen molar-refractivity contribution in [2.45, 2.75) is 31.7 Å². The van der Waals surface area contributed by atoms with Crippen LogP contribution in [0.25, 0.3) is 0 Å². The van der Waals surface area contributed by atoms with Crippen molar-refractivity contribution in [2.75, 3.05) is 31.6 Å². The first-order chi connectivity index (χ1) is 9.35. The molecule has 0 amide bonds. The van der Waals surface area contributed by atoms with E-state index >= 15 is 0 Å². The van der Waals surface area contributed by atoms with Crippen LogP contribution in [-0.4, -0.2) is 37.8 Å². The summed E-state index contributed by atoms with van der Waals surface area (Å²) >= 11 is 0. The SMILES string of the molecule is COc1ccc(N(CC2CC2)CC2CCCN2)nc1. The van der Waals surface area contributed by atoms with Crippen LogP contribution in [0, 0.1) is 5.92 Å². The standard InChI is InChI=1S/C15H23N3O/c1-19-14-6-7-15(17-9-14)18(10-12-4-5-12)11-13-3-2-8-16-13/h6-7,9,12-13,16H,2-5,8,10-11H2,1H3. The first-order valence-electron chi connectivity index (χ1n) is 7.33. The van der Waals surface area contributed by atoms with Crippen LogP contribution < -0.4 is 15.0 Å². The van der Waals surface area contributed by atoms with Crippen LogP contribution >= 0.6 is 0 Å². The Kier molecular flexibility index (Phi) is 3.87. The molecule has 4 nitrogen and oxygen atoms in total. The summed E-state index contributed by atoms with van der Waals surface area (Å²) in [5, 5.41) is 3.58. The second-order valence-electron chi connectivity index (χ2n) is 5.70. The number of methoxy groups -OCH3 is 1. The lowest BCUT2D eigenvalue weighted by Gasteiger charge is -2.27. The predicted molar refractivity (Wildman–Crippen MR) is 76.8 cm³/mol. The van der Waals surface area contributed by atoms with E-state index in [1.165, 1.54) is 25.7 Å². The van der Waals surface area contributed by atoms with Gasteiger partial charge in [0, 0.05) is 19.1 Å². The van der Waals surface area contributed by atoms with Crippen LogP contribution in [0.2, 0.25) is 0 Å². The van der Waals surface area contributed by atoms with Gasteiger partial charge in [-0.1, -0.05) is 0 Å². The average Bonchev–Trinajstić information content (AvgIpc) is 3.12. The Bertz CT molecular complexity index is 396. The molecule has 1 unspecified atom stereocenters. The topological polar surface area (TPSA) is 37.4 Å². The van der Waals surface area contributed by atoms with Gasteiger partial charge < -0.3 is 15.0 Å². The fourth-order valence-corrected chi connectivity index (χ4v) is 2.73. The van der Waals surface area contributed by atoms with E-state index in [1.807, 2.05) is 12.3 Å². The van der Waals surface area contributed by atoms with Crippen molar-refractivity contribution in [3.8, 4) is 5.75 Å². The lowest BCUT2D eigenvalue weighted by Crippen LogP contribution is -2.39. The molecule has 1 aliphatic carbocycles. The Hall–Kier alpha value is -1.29. The molecule has 2 fully saturated rings. The van der Waals surface area contributed by atoms with Gasteiger partial charge >= 0.3 is 0 Å². The van der Waals surface area contributed by atoms with Gasteiger partial charge in [0.2, 0.25) is 0 Å². The predicted octanol–water partition coefficient (Wildman–Crippen LogP) is 2.06. The summed E-state index contributed by atoms with van der Waals surface area (Å²) in [5.41, 5.74) is 0. The zero-order chi connectivity index (χ0) is 13.1. The molecule has 0 aromatic carbocycles. The van der Waals surface area contributed by atoms with E-state index in [9.17, 15) is 0 Å². The minimum atomic E-state index is 0.627. The lowest BCUT2D eigenvalue weighted by atomic mass is 10.2. The Labute approximate surface area is 115 Å². The zero-order valence-corrected chi connectivity index (χ0v) is 11.6. The number of pyridine rings is 1. The van der Waals surface area contributed by atoms with E-state index in [-0.39, 0.29) is 0 Å². The van der Waals surface area contributed by atoms with Crippen molar-refractivity contribution in [2.24, 2.45) is 5.92 Å². The van der Waals surface area contributed by atoms with E-state index < -0.39 is 0 Å². The van der Waals surface area contributed by atoms with Crippen LogP contribution in [0.5, 0.6) is 5.75 Å². The number of nitrogens with zero attached hydrogens (tertiary/aromatic N) is 2. The second kappa shape index (κ2) is 5.78. The fraction of sp³-hybridized carbons (Fsp3) is 0.667. The molecule has 1 saturated heterocycles. The number of rotatable bonds is 6. The Morgan fingerprint density at radius 3 is 2.79 bits per heavy atom. The van der Waals surface area contributed by atoms with Gasteiger partial charge in [0.1, 0.15) is 11.6 Å². The van der Waals surface area contributed by atoms with E-state index in [0.717, 1.165) is 37.1 Å². The number of hydrogen-bond donors (Lipinski definition) is 1. The van der Waals surface area contributed by atoms with Gasteiger partial charge in [-0.3, -0.25) is 0 Å². The van der Waals surface area contributed by atoms with E-state index in [2.05, 4.69) is 21.3 Å². The van der Waals surface area contributed by atoms with Crippen molar-refractivity contribution in [3.05, 3.63) is 18.3 Å². The molecule has 2 aliphatic rings. The number of aromatic nitrogens is 1. The number of nitrogens with one attached hydrogen (secondary N) is 1. The molecule has 1 N–H and O–H groups in total. The summed E-state index contributed by atoms with van der Waals surface area (Å²) in [6, 6.07) is 4.71. The maximum absolute atomic E-state index is 5.18. The van der Waals surface area contributed by atoms with Crippen molar-refractivity contribution in [1.82, 2.24) is 10.3 Å². The molecule has 104 valence electrons. The number of ether oxygens (including phenoxy) is 1. The molecule has 1 aliphatic heterocycles. The quantitative estimate of drug-likeness (QED) is 0.850. The molecule has 19 heavy (non-hydrogen) atoms. The molecular formula is C15H23N3O. The molecule has 4 heteroatoms. The molecule has 2 heterocycles. The van der Waals surface area contributed by atoms with E-state index in [0.29, 0.717) is 6.04 Å². The summed E-state index contributed by atoms with van der Waals surface area (Å²) in [4.78, 5) is 6.99. The third kappa shape index (κ3) is 3.38. The molecule has 1 aromatic heterocycles. The van der Waals surface area contributed by atoms with Crippen LogP contribution in [0.15, 0.2) is 18.3 Å². The highest BCUT2D eigenvalue weighted by Crippen LogP contribution is 2.31. The zero-order valence-electron chi connectivity index (χ0n) is 11.6. The largest absolute Gasteiger partial charge is 0.495 e. The van der Waals surface area contributed by atoms with Gasteiger partial charge in [0.05, 0.1) is 13.3 Å². The molecule has 0 spiro atoms. The van der Waals surface area contributed by atoms with Crippen molar-refractivity contribution in [3.63, 3.8) is 0 Å². The Morgan fingerprint density at radius 1 is 1.32 bits per heavy atom. The molecule has 0 radical (unpaired) electrons. The summed E-state index contributed by atoms with van der Waals surface area (Å²) in [6.07, 6.45) is 7.17. The lowest BCUT2D eigenvalue weighted by molar-refractivity contribution is 0.413. The smallest absolute Gasteiger partial charge is 0.137 e. The van der Waals surface area contributed by atoms with Crippen LogP contribution in [0.3, 0.4) is 0 Å². The minimum absolute atomic E-state index is 0.627. The highest BCUT2D eigenvalue weighted by molar-refractivity contribution is 5.41. The Balaban J connectivity index is 1.68. The molecule has 1 atom stereocenters. The van der Waals surface area contributed by atoms with Crippen molar-refractivity contribution in [1.29, 1.82) is 0 Å². The first-order valence-corrected chi connectivity index (χ1v) is 7.33. The van der Waals surface area contributed by atoms with Gasteiger partial charge in [-0.25, -0.2) is 4.98 Å². The Morgan fingerprint density at radius 2 is 2.21 bits per heavy atom. The average molecular weight is 261 g/mol. The minimum Gasteiger partial charge on any atom is -0.495 e. The molecule has 1 aromatic rings. The molecular weight excluding hydrogens is 238 g/mol. The highest BCUT2D eigenvalue weighted by atomic mass is 16.5. The van der Waals surface area contributed by atoms with Gasteiger partial charge in [-0.15, -0.1) is 0 Å². The summed E-state index contributed by atoms with van der Waals surface area (Å²) in [7, 11) is 1.68. The van der Waals surface area contributed by atoms with Gasteiger partial charge in [-0.2, -0.15) is 0 Å². The maximum atomic E-state index is 5.18. The third-order valence-electron chi connectivity index (χ3n) is 4.06. The molecule has 3 rings (SSSR count). The van der Waals surface area contributed by atoms with Crippen molar-refractivity contribution < 1.29 is 4.74 Å². The van der Waals surface area contributed by atoms with Gasteiger partial charge in [0.15, 0.2) is 0 Å². The van der Waals surface area contributed by atoms with E-state index in [4.69, 9.17) is 4.74 Å². The fourth-order valence-electron chi connectivity index (χ4n) is 2.73. The van der Waals surface area contributed by atoms with E-state index in [1.54, 1.807) is 7.11 Å². The number of anilines is 1. The van der Waals surface area contributed by atoms with Crippen LogP contribution in [-0.2, 0) is 0 Å². The summed E-state index contributed by atoms with van der Waals surface area (Å²) < 4.78 is 5.18. The maximum Gasteiger partial charge on any atom is 0.137 e. The highest BCUT2D eigenvalue weighted by Gasteiger charge is 2.27. The van der Waals surface area contributed by atoms with Crippen LogP contribution in [0.4, 0.5) is 5.82 Å². The van der Waals surface area contributed by atoms with Crippen molar-refractivity contribution >= 4 is 5.82 Å². The van der Waals surface area contributed by atoms with Gasteiger partial charge in [-0.05, 0) is 50.3 Å². The van der Waals surface area contributed by atoms with Crippen LogP contribution in [0.1, 0.15) is 25.7 Å².